The van der Waals surface area contributed by atoms with Crippen molar-refractivity contribution in [3.05, 3.63) is 33.8 Å². The fourth-order valence-electron chi connectivity index (χ4n) is 2.52. The zero-order valence-electron chi connectivity index (χ0n) is 10.6. The lowest BCUT2D eigenvalue weighted by atomic mass is 9.88. The maximum absolute atomic E-state index is 10.7. The lowest BCUT2D eigenvalue weighted by Gasteiger charge is -2.27. The Balaban J connectivity index is 2.09. The minimum atomic E-state index is -0.609. The van der Waals surface area contributed by atoms with Crippen LogP contribution in [0, 0.1) is 0 Å². The molecule has 1 atom stereocenters. The number of halogens is 2. The highest BCUT2D eigenvalue weighted by atomic mass is 35.5. The van der Waals surface area contributed by atoms with Gasteiger partial charge >= 0.3 is 0 Å². The van der Waals surface area contributed by atoms with Gasteiger partial charge in [-0.2, -0.15) is 0 Å². The highest BCUT2D eigenvalue weighted by molar-refractivity contribution is 6.42. The summed E-state index contributed by atoms with van der Waals surface area (Å²) in [6, 6.07) is 5.60. The molecule has 18 heavy (non-hydrogen) atoms. The van der Waals surface area contributed by atoms with Gasteiger partial charge in [-0.3, -0.25) is 0 Å². The van der Waals surface area contributed by atoms with E-state index in [0.29, 0.717) is 16.5 Å². The molecule has 1 aliphatic rings. The molecule has 1 saturated heterocycles. The molecule has 0 spiro atoms. The molecular formula is C14H19Cl2NO. The molecular weight excluding hydrogens is 269 g/mol. The maximum atomic E-state index is 10.7. The summed E-state index contributed by atoms with van der Waals surface area (Å²) in [7, 11) is 2.10. The number of likely N-dealkylation sites (tertiary alicyclic amines) is 1. The molecule has 1 aromatic rings. The van der Waals surface area contributed by atoms with E-state index >= 15 is 0 Å². The Hall–Kier alpha value is -0.280. The molecule has 4 heteroatoms. The van der Waals surface area contributed by atoms with Crippen LogP contribution in [0.4, 0.5) is 0 Å². The minimum absolute atomic E-state index is 0.559. The molecule has 0 bridgehead atoms. The average molecular weight is 288 g/mol. The molecule has 2 nitrogen and oxygen atoms in total. The number of benzene rings is 1. The Morgan fingerprint density at radius 3 is 2.72 bits per heavy atom. The Morgan fingerprint density at radius 2 is 2.00 bits per heavy atom. The van der Waals surface area contributed by atoms with Crippen molar-refractivity contribution in [2.45, 2.75) is 31.3 Å². The van der Waals surface area contributed by atoms with E-state index in [1.807, 2.05) is 12.1 Å². The lowest BCUT2D eigenvalue weighted by molar-refractivity contribution is 0.0263. The second-order valence-corrected chi connectivity index (χ2v) is 6.12. The first-order valence-electron chi connectivity index (χ1n) is 6.33. The highest BCUT2D eigenvalue weighted by Gasteiger charge is 2.29. The zero-order chi connectivity index (χ0) is 13.2. The molecule has 0 saturated carbocycles. The van der Waals surface area contributed by atoms with Crippen LogP contribution in [0.1, 0.15) is 24.8 Å². The van der Waals surface area contributed by atoms with Crippen LogP contribution in [-0.4, -0.2) is 35.7 Å². The van der Waals surface area contributed by atoms with Gasteiger partial charge in [-0.25, -0.2) is 0 Å². The van der Waals surface area contributed by atoms with Crippen molar-refractivity contribution in [3.8, 4) is 0 Å². The van der Waals surface area contributed by atoms with Gasteiger partial charge in [-0.05, 0) is 50.6 Å². The van der Waals surface area contributed by atoms with E-state index in [1.54, 1.807) is 6.07 Å². The van der Waals surface area contributed by atoms with Gasteiger partial charge in [0.25, 0.3) is 0 Å². The maximum Gasteiger partial charge on any atom is 0.0700 e. The van der Waals surface area contributed by atoms with Crippen LogP contribution >= 0.6 is 23.2 Å². The van der Waals surface area contributed by atoms with Crippen LogP contribution in [0.2, 0.25) is 10.0 Å². The smallest absolute Gasteiger partial charge is 0.0700 e. The first-order chi connectivity index (χ1) is 8.48. The summed E-state index contributed by atoms with van der Waals surface area (Å²) in [5, 5.41) is 11.8. The number of nitrogens with zero attached hydrogens (tertiary/aromatic N) is 1. The van der Waals surface area contributed by atoms with E-state index in [9.17, 15) is 5.11 Å². The summed E-state index contributed by atoms with van der Waals surface area (Å²) in [6.45, 7) is 2.00. The number of hydrogen-bond acceptors (Lipinski definition) is 2. The summed E-state index contributed by atoms with van der Waals surface area (Å²) in [5.41, 5.74) is 0.443. The third kappa shape index (κ3) is 3.61. The second kappa shape index (κ2) is 5.79. The SMILES string of the molecule is CN1CCCC(O)(Cc2ccc(Cl)c(Cl)c2)CC1. The molecule has 0 aromatic heterocycles. The van der Waals surface area contributed by atoms with Gasteiger partial charge in [-0.1, -0.05) is 29.3 Å². The van der Waals surface area contributed by atoms with Crippen LogP contribution in [0.25, 0.3) is 0 Å². The number of rotatable bonds is 2. The summed E-state index contributed by atoms with van der Waals surface area (Å²) >= 11 is 11.9. The van der Waals surface area contributed by atoms with Crippen LogP contribution in [0.15, 0.2) is 18.2 Å². The average Bonchev–Trinajstić information content (AvgIpc) is 2.47. The Morgan fingerprint density at radius 1 is 1.22 bits per heavy atom. The summed E-state index contributed by atoms with van der Waals surface area (Å²) in [6.07, 6.45) is 3.34. The second-order valence-electron chi connectivity index (χ2n) is 5.31. The molecule has 1 unspecified atom stereocenters. The topological polar surface area (TPSA) is 23.5 Å². The van der Waals surface area contributed by atoms with Gasteiger partial charge in [0.15, 0.2) is 0 Å². The quantitative estimate of drug-likeness (QED) is 0.901. The van der Waals surface area contributed by atoms with Crippen molar-refractivity contribution in [3.63, 3.8) is 0 Å². The van der Waals surface area contributed by atoms with E-state index in [0.717, 1.165) is 37.9 Å². The molecule has 0 amide bonds. The normalized spacial score (nSPS) is 26.0. The van der Waals surface area contributed by atoms with Gasteiger partial charge in [0.2, 0.25) is 0 Å². The molecule has 0 aliphatic carbocycles. The Labute approximate surface area is 119 Å². The molecule has 2 rings (SSSR count). The lowest BCUT2D eigenvalue weighted by Crippen LogP contribution is -2.32. The van der Waals surface area contributed by atoms with Crippen LogP contribution < -0.4 is 0 Å². The first kappa shape index (κ1) is 14.1. The molecule has 1 aliphatic heterocycles. The van der Waals surface area contributed by atoms with Gasteiger partial charge in [-0.15, -0.1) is 0 Å². The van der Waals surface area contributed by atoms with E-state index in [4.69, 9.17) is 23.2 Å². The van der Waals surface area contributed by atoms with Crippen molar-refractivity contribution >= 4 is 23.2 Å². The van der Waals surface area contributed by atoms with Gasteiger partial charge in [0.05, 0.1) is 15.6 Å². The van der Waals surface area contributed by atoms with E-state index < -0.39 is 5.60 Å². The molecule has 100 valence electrons. The van der Waals surface area contributed by atoms with Crippen LogP contribution in [0.3, 0.4) is 0 Å². The monoisotopic (exact) mass is 287 g/mol. The Kier molecular flexibility index (Phi) is 4.54. The van der Waals surface area contributed by atoms with Crippen LogP contribution in [0.5, 0.6) is 0 Å². The standard InChI is InChI=1S/C14H19Cl2NO/c1-17-7-2-5-14(18,6-8-17)10-11-3-4-12(15)13(16)9-11/h3-4,9,18H,2,5-8,10H2,1H3. The fraction of sp³-hybridized carbons (Fsp3) is 0.571. The molecule has 1 fully saturated rings. The van der Waals surface area contributed by atoms with Crippen molar-refractivity contribution < 1.29 is 5.11 Å². The number of hydrogen-bond donors (Lipinski definition) is 1. The predicted molar refractivity (Wildman–Crippen MR) is 76.5 cm³/mol. The van der Waals surface area contributed by atoms with Crippen molar-refractivity contribution in [1.29, 1.82) is 0 Å². The van der Waals surface area contributed by atoms with Crippen LogP contribution in [-0.2, 0) is 6.42 Å². The third-order valence-electron chi connectivity index (χ3n) is 3.66. The highest BCUT2D eigenvalue weighted by Crippen LogP contribution is 2.29. The zero-order valence-corrected chi connectivity index (χ0v) is 12.1. The largest absolute Gasteiger partial charge is 0.389 e. The van der Waals surface area contributed by atoms with Gasteiger partial charge < -0.3 is 10.0 Å². The van der Waals surface area contributed by atoms with Crippen molar-refractivity contribution in [2.75, 3.05) is 20.1 Å². The Bertz CT molecular complexity index is 424. The summed E-state index contributed by atoms with van der Waals surface area (Å²) in [5.74, 6) is 0. The first-order valence-corrected chi connectivity index (χ1v) is 7.09. The predicted octanol–water partition coefficient (Wildman–Crippen LogP) is 3.38. The van der Waals surface area contributed by atoms with Crippen molar-refractivity contribution in [1.82, 2.24) is 4.90 Å². The minimum Gasteiger partial charge on any atom is -0.389 e. The van der Waals surface area contributed by atoms with E-state index in [-0.39, 0.29) is 0 Å². The molecule has 1 aromatic carbocycles. The molecule has 1 heterocycles. The van der Waals surface area contributed by atoms with Gasteiger partial charge in [0.1, 0.15) is 0 Å². The molecule has 1 N–H and O–H groups in total. The summed E-state index contributed by atoms with van der Waals surface area (Å²) in [4.78, 5) is 2.27. The number of aliphatic hydroxyl groups is 1. The van der Waals surface area contributed by atoms with E-state index in [2.05, 4.69) is 11.9 Å². The van der Waals surface area contributed by atoms with Crippen molar-refractivity contribution in [2.24, 2.45) is 0 Å². The fourth-order valence-corrected chi connectivity index (χ4v) is 2.84. The summed E-state index contributed by atoms with van der Waals surface area (Å²) < 4.78 is 0. The molecule has 0 radical (unpaired) electrons. The van der Waals surface area contributed by atoms with E-state index in [1.165, 1.54) is 0 Å². The van der Waals surface area contributed by atoms with Gasteiger partial charge in [0, 0.05) is 13.0 Å². The third-order valence-corrected chi connectivity index (χ3v) is 4.40.